The highest BCUT2D eigenvalue weighted by Gasteiger charge is 2.73. The predicted molar refractivity (Wildman–Crippen MR) is 179 cm³/mol. The minimum atomic E-state index is -6.50. The van der Waals surface area contributed by atoms with Gasteiger partial charge < -0.3 is 33.2 Å². The Hall–Kier alpha value is -3.75. The van der Waals surface area contributed by atoms with Gasteiger partial charge in [0, 0.05) is 26.4 Å². The van der Waals surface area contributed by atoms with E-state index in [0.29, 0.717) is 11.8 Å². The quantitative estimate of drug-likeness (QED) is 0.0481. The lowest BCUT2D eigenvalue weighted by Crippen LogP contribution is -2.62. The SMILES string of the molecule is COCOC(C)(COc1cc(OCC(OCOC)(C(F)(F)F)C(F)(F)F)ccc1[S+](c1ccccc1)c1ccc(OCCC(F)(F)C(F)(F)S(=O)(=O)O)cc1)C(F)(F)F. The highest BCUT2D eigenvalue weighted by molar-refractivity contribution is 7.97. The summed E-state index contributed by atoms with van der Waals surface area (Å²) in [6.45, 7) is -6.59. The van der Waals surface area contributed by atoms with Crippen molar-refractivity contribution in [2.75, 3.05) is 47.6 Å². The molecule has 59 heavy (non-hydrogen) atoms. The third-order valence-electron chi connectivity index (χ3n) is 7.99. The maximum atomic E-state index is 14.2. The van der Waals surface area contributed by atoms with Crippen molar-refractivity contribution in [2.45, 2.75) is 68.9 Å². The van der Waals surface area contributed by atoms with E-state index in [-0.39, 0.29) is 15.5 Å². The summed E-state index contributed by atoms with van der Waals surface area (Å²) in [6, 6.07) is 15.3. The van der Waals surface area contributed by atoms with E-state index in [1.807, 2.05) is 0 Å². The van der Waals surface area contributed by atoms with Gasteiger partial charge in [0.15, 0.2) is 21.1 Å². The number of benzene rings is 3. The van der Waals surface area contributed by atoms with Crippen molar-refractivity contribution in [1.29, 1.82) is 0 Å². The summed E-state index contributed by atoms with van der Waals surface area (Å²) in [7, 11) is -6.21. The van der Waals surface area contributed by atoms with Crippen LogP contribution in [-0.2, 0) is 40.0 Å². The molecule has 0 radical (unpaired) electrons. The van der Waals surface area contributed by atoms with E-state index in [4.69, 9.17) is 23.5 Å². The molecule has 2 atom stereocenters. The van der Waals surface area contributed by atoms with Crippen molar-refractivity contribution < 1.29 is 103 Å². The molecule has 0 aliphatic carbocycles. The van der Waals surface area contributed by atoms with Crippen LogP contribution in [0.2, 0.25) is 0 Å². The average molecular weight is 914 g/mol. The zero-order chi connectivity index (χ0) is 44.7. The molecule has 332 valence electrons. The van der Waals surface area contributed by atoms with E-state index >= 15 is 0 Å². The molecule has 2 unspecified atom stereocenters. The van der Waals surface area contributed by atoms with Crippen molar-refractivity contribution in [3.63, 3.8) is 0 Å². The fraction of sp³-hybridized carbons (Fsp3) is 0.471. The van der Waals surface area contributed by atoms with Crippen LogP contribution >= 0.6 is 0 Å². The molecular formula is C34H34F13O10S2+. The summed E-state index contributed by atoms with van der Waals surface area (Å²) >= 11 is 0. The second-order valence-corrected chi connectivity index (χ2v) is 15.7. The van der Waals surface area contributed by atoms with Gasteiger partial charge in [-0.05, 0) is 49.4 Å². The highest BCUT2D eigenvalue weighted by Crippen LogP contribution is 2.47. The molecule has 0 spiro atoms. The lowest BCUT2D eigenvalue weighted by Gasteiger charge is -2.36. The number of ether oxygens (including phenoxy) is 7. The van der Waals surface area contributed by atoms with E-state index in [9.17, 15) is 65.5 Å². The fourth-order valence-corrected chi connectivity index (χ4v) is 7.21. The molecule has 3 aromatic carbocycles. The highest BCUT2D eigenvalue weighted by atomic mass is 32.2. The first kappa shape index (κ1) is 49.6. The largest absolute Gasteiger partial charge is 0.493 e. The van der Waals surface area contributed by atoms with Crippen LogP contribution in [0, 0.1) is 0 Å². The third kappa shape index (κ3) is 11.5. The molecule has 3 aromatic rings. The summed E-state index contributed by atoms with van der Waals surface area (Å²) in [4.78, 5) is 0.608. The minimum absolute atomic E-state index is 0.0332. The van der Waals surface area contributed by atoms with Crippen LogP contribution in [0.1, 0.15) is 13.3 Å². The molecule has 0 fully saturated rings. The zero-order valence-electron chi connectivity index (χ0n) is 30.5. The number of alkyl halides is 13. The Kier molecular flexibility index (Phi) is 15.9. The molecular weight excluding hydrogens is 879 g/mol. The van der Waals surface area contributed by atoms with Gasteiger partial charge in [-0.2, -0.15) is 65.5 Å². The van der Waals surface area contributed by atoms with E-state index in [1.54, 1.807) is 18.2 Å². The molecule has 0 saturated carbocycles. The summed E-state index contributed by atoms with van der Waals surface area (Å²) in [6.07, 6.45) is -19.3. The van der Waals surface area contributed by atoms with E-state index in [0.717, 1.165) is 44.6 Å². The van der Waals surface area contributed by atoms with Crippen molar-refractivity contribution in [3.05, 3.63) is 72.8 Å². The number of hydrogen-bond donors (Lipinski definition) is 1. The van der Waals surface area contributed by atoms with Gasteiger partial charge >= 0.3 is 39.8 Å². The standard InChI is InChI=1S/C34H33F13O10S2/c1-28(31(37,38)39,56-20-51-2)18-55-26-17-23(54-19-29(32(40,41)42,33(43,44)45)57-21-52-3)11-14-27(26)58(24-7-5-4-6-8-24)25-12-9-22(10-13-25)53-16-15-30(35,36)34(46,47)59(48,49)50/h4-14,17H,15-16,18-21H2,1-3H3/p+1. The normalized spacial score (nSPS) is 15.1. The van der Waals surface area contributed by atoms with Gasteiger partial charge in [0.25, 0.3) is 5.60 Å². The van der Waals surface area contributed by atoms with Crippen LogP contribution < -0.4 is 14.2 Å². The van der Waals surface area contributed by atoms with E-state index in [1.165, 1.54) is 24.3 Å². The summed E-state index contributed by atoms with van der Waals surface area (Å²) in [5.74, 6) is -6.82. The van der Waals surface area contributed by atoms with Crippen LogP contribution in [0.3, 0.4) is 0 Å². The number of methoxy groups -OCH3 is 2. The molecule has 0 aliphatic heterocycles. The summed E-state index contributed by atoms with van der Waals surface area (Å²) in [5, 5.41) is -5.84. The van der Waals surface area contributed by atoms with Crippen LogP contribution in [-0.4, -0.2) is 102 Å². The molecule has 0 amide bonds. The molecule has 10 nitrogen and oxygen atoms in total. The molecule has 3 rings (SSSR count). The maximum Gasteiger partial charge on any atom is 0.431 e. The topological polar surface area (TPSA) is 119 Å². The zero-order valence-corrected chi connectivity index (χ0v) is 32.2. The number of hydrogen-bond acceptors (Lipinski definition) is 9. The Morgan fingerprint density at radius 1 is 0.627 bits per heavy atom. The first-order chi connectivity index (χ1) is 27.1. The Labute approximate surface area is 330 Å². The van der Waals surface area contributed by atoms with Gasteiger partial charge in [-0.1, -0.05) is 18.2 Å². The Bertz CT molecular complexity index is 1900. The van der Waals surface area contributed by atoms with Gasteiger partial charge in [-0.15, -0.1) is 0 Å². The smallest absolute Gasteiger partial charge is 0.431 e. The number of rotatable bonds is 21. The predicted octanol–water partition coefficient (Wildman–Crippen LogP) is 8.85. The molecule has 0 heterocycles. The van der Waals surface area contributed by atoms with Gasteiger partial charge in [0.2, 0.25) is 4.90 Å². The molecule has 1 N–H and O–H groups in total. The van der Waals surface area contributed by atoms with Crippen LogP contribution in [0.5, 0.6) is 17.2 Å². The Morgan fingerprint density at radius 3 is 1.66 bits per heavy atom. The van der Waals surface area contributed by atoms with E-state index < -0.39 is 113 Å². The Morgan fingerprint density at radius 2 is 1.15 bits per heavy atom. The summed E-state index contributed by atoms with van der Waals surface area (Å²) < 4.78 is 245. The van der Waals surface area contributed by atoms with Crippen LogP contribution in [0.15, 0.2) is 87.5 Å². The number of halogens is 13. The second kappa shape index (κ2) is 18.9. The maximum absolute atomic E-state index is 14.2. The lowest BCUT2D eigenvalue weighted by atomic mass is 10.0. The molecule has 0 aromatic heterocycles. The van der Waals surface area contributed by atoms with Crippen molar-refractivity contribution >= 4 is 21.0 Å². The second-order valence-electron chi connectivity index (χ2n) is 12.2. The van der Waals surface area contributed by atoms with Crippen molar-refractivity contribution in [2.24, 2.45) is 0 Å². The molecule has 0 aliphatic rings. The summed E-state index contributed by atoms with van der Waals surface area (Å²) in [5.41, 5.74) is -8.05. The van der Waals surface area contributed by atoms with Crippen LogP contribution in [0.4, 0.5) is 57.1 Å². The van der Waals surface area contributed by atoms with Gasteiger partial charge in [-0.3, -0.25) is 4.55 Å². The van der Waals surface area contributed by atoms with Gasteiger partial charge in [0.1, 0.15) is 49.2 Å². The van der Waals surface area contributed by atoms with Gasteiger partial charge in [-0.25, -0.2) is 0 Å². The fourth-order valence-electron chi connectivity index (χ4n) is 4.59. The third-order valence-corrected chi connectivity index (χ3v) is 11.2. The van der Waals surface area contributed by atoms with Crippen molar-refractivity contribution in [3.8, 4) is 17.2 Å². The first-order valence-electron chi connectivity index (χ1n) is 16.2. The lowest BCUT2D eigenvalue weighted by molar-refractivity contribution is -0.397. The van der Waals surface area contributed by atoms with E-state index in [2.05, 4.69) is 14.2 Å². The molecule has 25 heteroatoms. The Balaban J connectivity index is 2.12. The molecule has 0 bridgehead atoms. The average Bonchev–Trinajstić information content (AvgIpc) is 3.13. The molecule has 0 saturated heterocycles. The van der Waals surface area contributed by atoms with Crippen molar-refractivity contribution in [1.82, 2.24) is 0 Å². The first-order valence-corrected chi connectivity index (χ1v) is 18.8. The minimum Gasteiger partial charge on any atom is -0.493 e. The monoisotopic (exact) mass is 913 g/mol. The van der Waals surface area contributed by atoms with Crippen LogP contribution in [0.25, 0.3) is 0 Å². The van der Waals surface area contributed by atoms with Gasteiger partial charge in [0.05, 0.1) is 13.0 Å².